The third-order valence-corrected chi connectivity index (χ3v) is 8.03. The van der Waals surface area contributed by atoms with Crippen molar-refractivity contribution in [1.29, 1.82) is 0 Å². The van der Waals surface area contributed by atoms with Crippen LogP contribution in [0.15, 0.2) is 53.1 Å². The van der Waals surface area contributed by atoms with E-state index in [1.165, 1.54) is 0 Å². The molecule has 1 amide bonds. The van der Waals surface area contributed by atoms with Gasteiger partial charge in [-0.3, -0.25) is 4.79 Å². The van der Waals surface area contributed by atoms with Gasteiger partial charge in [0.1, 0.15) is 11.3 Å². The van der Waals surface area contributed by atoms with Crippen LogP contribution in [0.2, 0.25) is 0 Å². The number of aryl methyl sites for hydroxylation is 2. The predicted molar refractivity (Wildman–Crippen MR) is 132 cm³/mol. The number of hydrogen-bond donors (Lipinski definition) is 0. The lowest BCUT2D eigenvalue weighted by Crippen LogP contribution is -2.45. The number of halogens is 1. The zero-order chi connectivity index (χ0) is 22.2. The Morgan fingerprint density at radius 3 is 2.75 bits per heavy atom. The zero-order valence-electron chi connectivity index (χ0n) is 18.2. The van der Waals surface area contributed by atoms with Gasteiger partial charge in [-0.15, -0.1) is 11.3 Å². The fourth-order valence-corrected chi connectivity index (χ4v) is 5.77. The summed E-state index contributed by atoms with van der Waals surface area (Å²) in [5, 5.41) is 0.919. The van der Waals surface area contributed by atoms with E-state index in [1.54, 1.807) is 11.3 Å². The van der Waals surface area contributed by atoms with Gasteiger partial charge in [0, 0.05) is 35.4 Å². The molecule has 0 saturated carbocycles. The highest BCUT2D eigenvalue weighted by molar-refractivity contribution is 9.10. The van der Waals surface area contributed by atoms with Crippen molar-refractivity contribution in [2.24, 2.45) is 0 Å². The second-order valence-electron chi connectivity index (χ2n) is 8.36. The van der Waals surface area contributed by atoms with Gasteiger partial charge >= 0.3 is 0 Å². The number of piperidine rings is 1. The van der Waals surface area contributed by atoms with Crippen molar-refractivity contribution < 1.29 is 4.79 Å². The number of aromatic nitrogens is 3. The van der Waals surface area contributed by atoms with Gasteiger partial charge in [-0.2, -0.15) is 0 Å². The minimum absolute atomic E-state index is 0.0422. The molecule has 4 heterocycles. The minimum Gasteiger partial charge on any atom is -0.334 e. The summed E-state index contributed by atoms with van der Waals surface area (Å²) in [4.78, 5) is 26.2. The quantitative estimate of drug-likeness (QED) is 0.335. The number of rotatable bonds is 4. The molecule has 4 aromatic rings. The molecule has 1 aliphatic rings. The van der Waals surface area contributed by atoms with E-state index in [9.17, 15) is 4.79 Å². The lowest BCUT2D eigenvalue weighted by Gasteiger charge is -2.35. The number of benzene rings is 1. The molecule has 1 fully saturated rings. The van der Waals surface area contributed by atoms with Crippen LogP contribution in [-0.2, 0) is 6.42 Å². The van der Waals surface area contributed by atoms with E-state index in [2.05, 4.69) is 50.6 Å². The number of thiazole rings is 1. The first kappa shape index (κ1) is 21.3. The Kier molecular flexibility index (Phi) is 5.86. The van der Waals surface area contributed by atoms with E-state index in [4.69, 9.17) is 4.98 Å². The Labute approximate surface area is 200 Å². The van der Waals surface area contributed by atoms with E-state index in [1.807, 2.05) is 42.2 Å². The van der Waals surface area contributed by atoms with Crippen molar-refractivity contribution in [3.63, 3.8) is 0 Å². The largest absolute Gasteiger partial charge is 0.334 e. The summed E-state index contributed by atoms with van der Waals surface area (Å²) in [6.45, 7) is 4.82. The number of amides is 1. The lowest BCUT2D eigenvalue weighted by atomic mass is 9.97. The highest BCUT2D eigenvalue weighted by Gasteiger charge is 2.31. The predicted octanol–water partition coefficient (Wildman–Crippen LogP) is 6.07. The topological polar surface area (TPSA) is 50.5 Å². The number of carbonyl (C=O) groups is 1. The third kappa shape index (κ3) is 3.99. The Morgan fingerprint density at radius 1 is 1.12 bits per heavy atom. The average molecular weight is 509 g/mol. The maximum absolute atomic E-state index is 13.7. The van der Waals surface area contributed by atoms with Crippen LogP contribution >= 0.6 is 27.3 Å². The van der Waals surface area contributed by atoms with Gasteiger partial charge in [0.15, 0.2) is 0 Å². The summed E-state index contributed by atoms with van der Waals surface area (Å²) in [6, 6.07) is 14.3. The summed E-state index contributed by atoms with van der Waals surface area (Å²) in [6.07, 6.45) is 6.02. The molecule has 164 valence electrons. The maximum Gasteiger partial charge on any atom is 0.274 e. The van der Waals surface area contributed by atoms with Crippen molar-refractivity contribution >= 4 is 38.8 Å². The molecular formula is C25H25BrN4OS. The van der Waals surface area contributed by atoms with Gasteiger partial charge in [-0.1, -0.05) is 30.3 Å². The molecule has 0 radical (unpaired) electrons. The average Bonchev–Trinajstić information content (AvgIpc) is 3.40. The Bertz CT molecular complexity index is 1280. The van der Waals surface area contributed by atoms with Crippen molar-refractivity contribution in [3.8, 4) is 10.4 Å². The molecule has 3 aromatic heterocycles. The first-order valence-corrected chi connectivity index (χ1v) is 12.6. The van der Waals surface area contributed by atoms with E-state index in [0.717, 1.165) is 69.2 Å². The minimum atomic E-state index is 0.0422. The summed E-state index contributed by atoms with van der Waals surface area (Å²) in [5.74, 6) is 0.0422. The number of fused-ring (bicyclic) bond motifs is 1. The molecular weight excluding hydrogens is 484 g/mol. The number of pyridine rings is 1. The SMILES string of the molecule is Cc1nc(C(=O)N2CCCC[C@H]2Cc2cn3c(C)c(Br)ccc3n2)c(-c2ccccc2)s1. The second-order valence-corrected chi connectivity index (χ2v) is 10.4. The van der Waals surface area contributed by atoms with Gasteiger partial charge in [0.25, 0.3) is 5.91 Å². The van der Waals surface area contributed by atoms with Crippen molar-refractivity contribution in [2.75, 3.05) is 6.54 Å². The van der Waals surface area contributed by atoms with Crippen LogP contribution in [0.1, 0.15) is 46.1 Å². The van der Waals surface area contributed by atoms with Crippen LogP contribution in [0.3, 0.4) is 0 Å². The van der Waals surface area contributed by atoms with E-state index in [0.29, 0.717) is 5.69 Å². The molecule has 0 aliphatic carbocycles. The van der Waals surface area contributed by atoms with Crippen LogP contribution in [0.5, 0.6) is 0 Å². The number of carbonyl (C=O) groups excluding carboxylic acids is 1. The summed E-state index contributed by atoms with van der Waals surface area (Å²) in [7, 11) is 0. The van der Waals surface area contributed by atoms with Gasteiger partial charge in [0.05, 0.1) is 15.6 Å². The monoisotopic (exact) mass is 508 g/mol. The van der Waals surface area contributed by atoms with E-state index >= 15 is 0 Å². The van der Waals surface area contributed by atoms with E-state index < -0.39 is 0 Å². The molecule has 1 saturated heterocycles. The van der Waals surface area contributed by atoms with Crippen LogP contribution < -0.4 is 0 Å². The molecule has 1 aliphatic heterocycles. The van der Waals surface area contributed by atoms with Crippen LogP contribution in [0.4, 0.5) is 0 Å². The molecule has 0 N–H and O–H groups in total. The van der Waals surface area contributed by atoms with Crippen LogP contribution in [0.25, 0.3) is 16.1 Å². The normalized spacial score (nSPS) is 16.6. The molecule has 0 bridgehead atoms. The Morgan fingerprint density at radius 2 is 1.94 bits per heavy atom. The van der Waals surface area contributed by atoms with Crippen molar-refractivity contribution in [3.05, 3.63) is 75.2 Å². The summed E-state index contributed by atoms with van der Waals surface area (Å²) in [5.41, 5.74) is 4.73. The highest BCUT2D eigenvalue weighted by atomic mass is 79.9. The molecule has 1 aromatic carbocycles. The molecule has 5 rings (SSSR count). The Hall–Kier alpha value is -2.51. The fourth-order valence-electron chi connectivity index (χ4n) is 4.53. The molecule has 1 atom stereocenters. The lowest BCUT2D eigenvalue weighted by molar-refractivity contribution is 0.0608. The molecule has 7 heteroatoms. The van der Waals surface area contributed by atoms with Gasteiger partial charge in [0.2, 0.25) is 0 Å². The smallest absolute Gasteiger partial charge is 0.274 e. The van der Waals surface area contributed by atoms with Crippen molar-refractivity contribution in [2.45, 2.75) is 45.6 Å². The summed E-state index contributed by atoms with van der Waals surface area (Å²) < 4.78 is 3.18. The third-order valence-electron chi connectivity index (χ3n) is 6.17. The number of nitrogens with zero attached hydrogens (tertiary/aromatic N) is 4. The van der Waals surface area contributed by atoms with Gasteiger partial charge < -0.3 is 9.30 Å². The number of imidazole rings is 1. The fraction of sp³-hybridized carbons (Fsp3) is 0.320. The molecule has 0 spiro atoms. The standard InChI is InChI=1S/C25H25BrN4OS/c1-16-21(26)11-12-22-28-19(15-30(16)22)14-20-10-6-7-13-29(20)25(31)23-24(32-17(2)27-23)18-8-4-3-5-9-18/h3-5,8-9,11-12,15,20H,6-7,10,13-14H2,1-2H3/t20-/m0/s1. The zero-order valence-corrected chi connectivity index (χ0v) is 20.6. The highest BCUT2D eigenvalue weighted by Crippen LogP contribution is 2.32. The number of hydrogen-bond acceptors (Lipinski definition) is 4. The maximum atomic E-state index is 13.7. The number of likely N-dealkylation sites (tertiary alicyclic amines) is 1. The molecule has 32 heavy (non-hydrogen) atoms. The Balaban J connectivity index is 1.44. The molecule has 5 nitrogen and oxygen atoms in total. The molecule has 0 unspecified atom stereocenters. The van der Waals surface area contributed by atoms with Crippen LogP contribution in [0, 0.1) is 13.8 Å². The van der Waals surface area contributed by atoms with Crippen LogP contribution in [-0.4, -0.2) is 37.8 Å². The second kappa shape index (κ2) is 8.79. The van der Waals surface area contributed by atoms with E-state index in [-0.39, 0.29) is 11.9 Å². The van der Waals surface area contributed by atoms with Gasteiger partial charge in [-0.05, 0) is 66.7 Å². The van der Waals surface area contributed by atoms with Crippen molar-refractivity contribution in [1.82, 2.24) is 19.3 Å². The first-order valence-electron chi connectivity index (χ1n) is 11.0. The van der Waals surface area contributed by atoms with Gasteiger partial charge in [-0.25, -0.2) is 9.97 Å². The first-order chi connectivity index (χ1) is 15.5. The summed E-state index contributed by atoms with van der Waals surface area (Å²) >= 11 is 5.19.